The van der Waals surface area contributed by atoms with Gasteiger partial charge in [0.15, 0.2) is 0 Å². The summed E-state index contributed by atoms with van der Waals surface area (Å²) in [5.74, 6) is 0. The second-order valence-electron chi connectivity index (χ2n) is 4.24. The Morgan fingerprint density at radius 2 is 2.19 bits per heavy atom. The summed E-state index contributed by atoms with van der Waals surface area (Å²) in [4.78, 5) is 8.68. The van der Waals surface area contributed by atoms with E-state index in [1.54, 1.807) is 22.7 Å². The molecule has 1 atom stereocenters. The fraction of sp³-hybridized carbons (Fsp3) is 0.455. The van der Waals surface area contributed by atoms with Gasteiger partial charge >= 0.3 is 0 Å². The summed E-state index contributed by atoms with van der Waals surface area (Å²) in [6.45, 7) is 6.42. The SMILES string of the molecule is CC(NC(C)(C)c1nccs1)c1cscn1. The fourth-order valence-corrected chi connectivity index (χ4v) is 3.02. The largest absolute Gasteiger partial charge is 0.298 e. The Morgan fingerprint density at radius 1 is 1.38 bits per heavy atom. The molecule has 0 bridgehead atoms. The van der Waals surface area contributed by atoms with Crippen molar-refractivity contribution in [2.24, 2.45) is 0 Å². The number of nitrogens with one attached hydrogen (secondary N) is 1. The maximum atomic E-state index is 4.36. The molecule has 0 aliphatic rings. The molecule has 1 N–H and O–H groups in total. The van der Waals surface area contributed by atoms with Gasteiger partial charge in [-0.2, -0.15) is 0 Å². The van der Waals surface area contributed by atoms with Crippen molar-refractivity contribution in [1.29, 1.82) is 0 Å². The van der Waals surface area contributed by atoms with E-state index in [4.69, 9.17) is 0 Å². The highest BCUT2D eigenvalue weighted by molar-refractivity contribution is 7.09. The molecule has 5 heteroatoms. The van der Waals surface area contributed by atoms with E-state index in [9.17, 15) is 0 Å². The Labute approximate surface area is 104 Å². The third-order valence-corrected chi connectivity index (χ3v) is 4.14. The highest BCUT2D eigenvalue weighted by Gasteiger charge is 2.25. The van der Waals surface area contributed by atoms with Gasteiger partial charge in [-0.1, -0.05) is 0 Å². The molecule has 0 aliphatic carbocycles. The van der Waals surface area contributed by atoms with Crippen LogP contribution in [0, 0.1) is 0 Å². The summed E-state index contributed by atoms with van der Waals surface area (Å²) in [6.07, 6.45) is 1.84. The van der Waals surface area contributed by atoms with Crippen molar-refractivity contribution in [3.8, 4) is 0 Å². The van der Waals surface area contributed by atoms with Gasteiger partial charge in [-0.3, -0.25) is 5.32 Å². The van der Waals surface area contributed by atoms with E-state index < -0.39 is 0 Å². The Bertz CT molecular complexity index is 420. The third kappa shape index (κ3) is 2.48. The van der Waals surface area contributed by atoms with Crippen LogP contribution in [0.1, 0.15) is 37.5 Å². The molecule has 0 aliphatic heterocycles. The van der Waals surface area contributed by atoms with E-state index in [2.05, 4.69) is 41.4 Å². The first-order valence-corrected chi connectivity index (χ1v) is 6.97. The van der Waals surface area contributed by atoms with Crippen molar-refractivity contribution >= 4 is 22.7 Å². The van der Waals surface area contributed by atoms with E-state index in [0.717, 1.165) is 10.7 Å². The lowest BCUT2D eigenvalue weighted by Gasteiger charge is -2.27. The standard InChI is InChI=1S/C11H15N3S2/c1-8(9-6-15-7-13-9)14-11(2,3)10-12-4-5-16-10/h4-8,14H,1-3H3. The van der Waals surface area contributed by atoms with E-state index in [-0.39, 0.29) is 11.6 Å². The highest BCUT2D eigenvalue weighted by atomic mass is 32.1. The molecule has 1 unspecified atom stereocenters. The minimum absolute atomic E-state index is 0.114. The number of rotatable bonds is 4. The average Bonchev–Trinajstić information content (AvgIpc) is 2.91. The van der Waals surface area contributed by atoms with Gasteiger partial charge in [-0.25, -0.2) is 9.97 Å². The first-order valence-electron chi connectivity index (χ1n) is 5.15. The molecule has 2 rings (SSSR count). The minimum Gasteiger partial charge on any atom is -0.298 e. The molecule has 2 heterocycles. The highest BCUT2D eigenvalue weighted by Crippen LogP contribution is 2.26. The zero-order valence-corrected chi connectivity index (χ0v) is 11.2. The zero-order valence-electron chi connectivity index (χ0n) is 9.60. The molecule has 0 amide bonds. The van der Waals surface area contributed by atoms with Crippen LogP contribution in [0.15, 0.2) is 22.5 Å². The van der Waals surface area contributed by atoms with Crippen LogP contribution < -0.4 is 5.32 Å². The van der Waals surface area contributed by atoms with Crippen molar-refractivity contribution < 1.29 is 0 Å². The summed E-state index contributed by atoms with van der Waals surface area (Å²) >= 11 is 3.30. The Hall–Kier alpha value is -0.780. The summed E-state index contributed by atoms with van der Waals surface area (Å²) < 4.78 is 0. The maximum Gasteiger partial charge on any atom is 0.112 e. The molecule has 86 valence electrons. The Morgan fingerprint density at radius 3 is 2.75 bits per heavy atom. The van der Waals surface area contributed by atoms with Crippen molar-refractivity contribution in [2.75, 3.05) is 0 Å². The minimum atomic E-state index is -0.114. The summed E-state index contributed by atoms with van der Waals surface area (Å²) in [5, 5.41) is 8.74. The van der Waals surface area contributed by atoms with E-state index in [1.165, 1.54) is 0 Å². The molecule has 2 aromatic heterocycles. The van der Waals surface area contributed by atoms with Gasteiger partial charge < -0.3 is 0 Å². The lowest BCUT2D eigenvalue weighted by Crippen LogP contribution is -2.38. The van der Waals surface area contributed by atoms with Gasteiger partial charge in [0.25, 0.3) is 0 Å². The molecule has 0 saturated carbocycles. The molecule has 16 heavy (non-hydrogen) atoms. The molecule has 0 fully saturated rings. The Kier molecular flexibility index (Phi) is 3.37. The van der Waals surface area contributed by atoms with Crippen LogP contribution in [0.3, 0.4) is 0 Å². The van der Waals surface area contributed by atoms with Gasteiger partial charge in [0.05, 0.1) is 16.7 Å². The smallest absolute Gasteiger partial charge is 0.112 e. The topological polar surface area (TPSA) is 37.8 Å². The molecule has 0 saturated heterocycles. The molecular weight excluding hydrogens is 238 g/mol. The van der Waals surface area contributed by atoms with Gasteiger partial charge in [-0.15, -0.1) is 22.7 Å². The predicted octanol–water partition coefficient (Wildman–Crippen LogP) is 3.19. The van der Waals surface area contributed by atoms with Gasteiger partial charge in [0.1, 0.15) is 5.01 Å². The molecule has 0 spiro atoms. The quantitative estimate of drug-likeness (QED) is 0.909. The molecule has 2 aromatic rings. The van der Waals surface area contributed by atoms with Crippen LogP contribution >= 0.6 is 22.7 Å². The van der Waals surface area contributed by atoms with Crippen molar-refractivity contribution in [1.82, 2.24) is 15.3 Å². The van der Waals surface area contributed by atoms with E-state index in [1.807, 2.05) is 17.1 Å². The lowest BCUT2D eigenvalue weighted by molar-refractivity contribution is 0.353. The summed E-state index contributed by atoms with van der Waals surface area (Å²) in [6, 6.07) is 0.241. The molecule has 3 nitrogen and oxygen atoms in total. The monoisotopic (exact) mass is 253 g/mol. The van der Waals surface area contributed by atoms with Crippen LogP contribution in [0.2, 0.25) is 0 Å². The van der Waals surface area contributed by atoms with Gasteiger partial charge in [-0.05, 0) is 20.8 Å². The maximum absolute atomic E-state index is 4.36. The summed E-state index contributed by atoms with van der Waals surface area (Å²) in [7, 11) is 0. The molecule has 0 radical (unpaired) electrons. The number of hydrogen-bond acceptors (Lipinski definition) is 5. The first kappa shape index (κ1) is 11.7. The fourth-order valence-electron chi connectivity index (χ4n) is 1.64. The molecular formula is C11H15N3S2. The normalized spacial score (nSPS) is 13.9. The van der Waals surface area contributed by atoms with E-state index in [0.29, 0.717) is 0 Å². The average molecular weight is 253 g/mol. The number of aromatic nitrogens is 2. The third-order valence-electron chi connectivity index (χ3n) is 2.44. The second kappa shape index (κ2) is 4.61. The van der Waals surface area contributed by atoms with E-state index >= 15 is 0 Å². The number of nitrogens with zero attached hydrogens (tertiary/aromatic N) is 2. The van der Waals surface area contributed by atoms with Crippen LogP contribution in [0.4, 0.5) is 0 Å². The van der Waals surface area contributed by atoms with Crippen molar-refractivity contribution in [2.45, 2.75) is 32.4 Å². The number of thiazole rings is 2. The first-order chi connectivity index (χ1) is 7.59. The van der Waals surface area contributed by atoms with Gasteiger partial charge in [0.2, 0.25) is 0 Å². The van der Waals surface area contributed by atoms with Crippen LogP contribution in [0.25, 0.3) is 0 Å². The summed E-state index contributed by atoms with van der Waals surface area (Å²) in [5.41, 5.74) is 2.84. The Balaban J connectivity index is 2.09. The predicted molar refractivity (Wildman–Crippen MR) is 68.8 cm³/mol. The van der Waals surface area contributed by atoms with Crippen molar-refractivity contribution in [3.05, 3.63) is 33.2 Å². The second-order valence-corrected chi connectivity index (χ2v) is 5.85. The van der Waals surface area contributed by atoms with Crippen LogP contribution in [-0.4, -0.2) is 9.97 Å². The van der Waals surface area contributed by atoms with Crippen molar-refractivity contribution in [3.63, 3.8) is 0 Å². The molecule has 0 aromatic carbocycles. The number of hydrogen-bond donors (Lipinski definition) is 1. The lowest BCUT2D eigenvalue weighted by atomic mass is 10.0. The van der Waals surface area contributed by atoms with Gasteiger partial charge in [0, 0.05) is 23.0 Å². The van der Waals surface area contributed by atoms with Crippen LogP contribution in [-0.2, 0) is 5.54 Å². The van der Waals surface area contributed by atoms with Crippen LogP contribution in [0.5, 0.6) is 0 Å². The zero-order chi connectivity index (χ0) is 11.6.